The van der Waals surface area contributed by atoms with Gasteiger partial charge in [0.25, 0.3) is 0 Å². The first-order valence-corrected chi connectivity index (χ1v) is 11.1. The third-order valence-corrected chi connectivity index (χ3v) is 8.55. The molecule has 1 aromatic rings. The van der Waals surface area contributed by atoms with Crippen molar-refractivity contribution in [1.29, 1.82) is 0 Å². The number of benzene rings is 1. The number of hydrogen-bond acceptors (Lipinski definition) is 2. The van der Waals surface area contributed by atoms with E-state index in [0.717, 1.165) is 15.5 Å². The Bertz CT molecular complexity index is 413. The molecule has 0 heterocycles. The first-order valence-electron chi connectivity index (χ1n) is 8.87. The lowest BCUT2D eigenvalue weighted by Gasteiger charge is -2.30. The molecule has 0 spiro atoms. The molecular formula is C19H27ClS2. The second-order valence-electron chi connectivity index (χ2n) is 6.68. The van der Waals surface area contributed by atoms with Gasteiger partial charge in [-0.2, -0.15) is 0 Å². The van der Waals surface area contributed by atoms with Crippen LogP contribution in [0.5, 0.6) is 0 Å². The quantitative estimate of drug-likeness (QED) is 0.503. The summed E-state index contributed by atoms with van der Waals surface area (Å²) < 4.78 is 0.600. The fourth-order valence-electron chi connectivity index (χ4n) is 3.56. The summed E-state index contributed by atoms with van der Waals surface area (Å²) in [5, 5.41) is 2.59. The highest BCUT2D eigenvalue weighted by atomic mass is 35.5. The monoisotopic (exact) mass is 354 g/mol. The van der Waals surface area contributed by atoms with Crippen LogP contribution in [0, 0.1) is 0 Å². The maximum absolute atomic E-state index is 6.09. The smallest absolute Gasteiger partial charge is 0.0756 e. The minimum Gasteiger partial charge on any atom is -0.139 e. The van der Waals surface area contributed by atoms with Crippen LogP contribution in [0.3, 0.4) is 0 Å². The lowest BCUT2D eigenvalue weighted by atomic mass is 10.0. The fourth-order valence-corrected chi connectivity index (χ4v) is 7.43. The predicted octanol–water partition coefficient (Wildman–Crippen LogP) is 7.47. The zero-order valence-electron chi connectivity index (χ0n) is 13.3. The molecule has 2 saturated carbocycles. The molecule has 3 heteroatoms. The Hall–Kier alpha value is 0.210. The molecule has 0 radical (unpaired) electrons. The van der Waals surface area contributed by atoms with Crippen LogP contribution in [0.4, 0.5) is 0 Å². The number of halogens is 1. The van der Waals surface area contributed by atoms with E-state index in [4.69, 9.17) is 11.6 Å². The molecule has 1 aromatic carbocycles. The number of rotatable bonds is 5. The van der Waals surface area contributed by atoms with Gasteiger partial charge in [0, 0.05) is 15.5 Å². The molecule has 2 aliphatic rings. The molecule has 0 N–H and O–H groups in total. The maximum Gasteiger partial charge on any atom is 0.0756 e. The van der Waals surface area contributed by atoms with E-state index >= 15 is 0 Å². The highest BCUT2D eigenvalue weighted by molar-refractivity contribution is 8.16. The van der Waals surface area contributed by atoms with Crippen LogP contribution in [-0.4, -0.2) is 10.5 Å². The second kappa shape index (κ2) is 8.89. The molecule has 0 aliphatic heterocycles. The average Bonchev–Trinajstić information content (AvgIpc) is 2.57. The molecule has 0 amide bonds. The van der Waals surface area contributed by atoms with E-state index in [1.807, 2.05) is 0 Å². The van der Waals surface area contributed by atoms with Crippen molar-refractivity contribution >= 4 is 35.1 Å². The van der Waals surface area contributed by atoms with Gasteiger partial charge in [-0.3, -0.25) is 0 Å². The molecule has 0 unspecified atom stereocenters. The van der Waals surface area contributed by atoms with Crippen LogP contribution < -0.4 is 0 Å². The van der Waals surface area contributed by atoms with Crippen molar-refractivity contribution in [3.8, 4) is 0 Å². The average molecular weight is 355 g/mol. The first kappa shape index (κ1) is 17.0. The zero-order valence-corrected chi connectivity index (χ0v) is 15.7. The van der Waals surface area contributed by atoms with Gasteiger partial charge in [0.1, 0.15) is 0 Å². The van der Waals surface area contributed by atoms with Crippen LogP contribution in [-0.2, 0) is 0 Å². The van der Waals surface area contributed by atoms with E-state index in [-0.39, 0.29) is 0 Å². The summed E-state index contributed by atoms with van der Waals surface area (Å²) in [4.78, 5) is 0. The topological polar surface area (TPSA) is 0 Å². The van der Waals surface area contributed by atoms with E-state index in [2.05, 4.69) is 47.8 Å². The Kier molecular flexibility index (Phi) is 6.89. The Labute approximate surface area is 149 Å². The van der Waals surface area contributed by atoms with Gasteiger partial charge < -0.3 is 0 Å². The van der Waals surface area contributed by atoms with Gasteiger partial charge in [0.2, 0.25) is 0 Å². The molecule has 0 bridgehead atoms. The van der Waals surface area contributed by atoms with E-state index < -0.39 is 0 Å². The molecular weight excluding hydrogens is 328 g/mol. The lowest BCUT2D eigenvalue weighted by molar-refractivity contribution is 0.513. The van der Waals surface area contributed by atoms with Gasteiger partial charge in [-0.05, 0) is 43.4 Å². The summed E-state index contributed by atoms with van der Waals surface area (Å²) in [6.07, 6.45) is 14.3. The summed E-state index contributed by atoms with van der Waals surface area (Å²) in [5.74, 6) is 0. The largest absolute Gasteiger partial charge is 0.139 e. The molecule has 2 fully saturated rings. The van der Waals surface area contributed by atoms with E-state index in [0.29, 0.717) is 4.58 Å². The van der Waals surface area contributed by atoms with Crippen molar-refractivity contribution in [3.05, 3.63) is 34.9 Å². The van der Waals surface area contributed by atoms with Gasteiger partial charge >= 0.3 is 0 Å². The van der Waals surface area contributed by atoms with Crippen LogP contribution in [0.25, 0.3) is 0 Å². The normalized spacial score (nSPS) is 21.4. The lowest BCUT2D eigenvalue weighted by Crippen LogP contribution is -2.13. The summed E-state index contributed by atoms with van der Waals surface area (Å²) in [5.41, 5.74) is 1.47. The molecule has 122 valence electrons. The van der Waals surface area contributed by atoms with Crippen molar-refractivity contribution in [2.75, 3.05) is 0 Å². The molecule has 3 rings (SSSR count). The molecule has 22 heavy (non-hydrogen) atoms. The minimum atomic E-state index is 0.600. The zero-order chi connectivity index (χ0) is 15.2. The van der Waals surface area contributed by atoms with E-state index in [9.17, 15) is 0 Å². The van der Waals surface area contributed by atoms with Gasteiger partial charge in [-0.25, -0.2) is 0 Å². The van der Waals surface area contributed by atoms with Gasteiger partial charge in [-0.15, -0.1) is 23.5 Å². The van der Waals surface area contributed by atoms with E-state index in [1.165, 1.54) is 69.8 Å². The Balaban J connectivity index is 1.67. The summed E-state index contributed by atoms with van der Waals surface area (Å²) in [7, 11) is 0. The maximum atomic E-state index is 6.09. The standard InChI is InChI=1S/C19H27ClS2/c20-16-13-11-15(12-14-16)19(21-17-7-3-1-4-8-17)22-18-9-5-2-6-10-18/h11-14,17-19H,1-10H2. The molecule has 2 aliphatic carbocycles. The van der Waals surface area contributed by atoms with Crippen LogP contribution >= 0.6 is 35.1 Å². The second-order valence-corrected chi connectivity index (χ2v) is 10.2. The van der Waals surface area contributed by atoms with E-state index in [1.54, 1.807) is 0 Å². The van der Waals surface area contributed by atoms with Crippen LogP contribution in [0.2, 0.25) is 5.02 Å². The third kappa shape index (κ3) is 5.11. The highest BCUT2D eigenvalue weighted by Gasteiger charge is 2.25. The van der Waals surface area contributed by atoms with Crippen molar-refractivity contribution in [3.63, 3.8) is 0 Å². The number of hydrogen-bond donors (Lipinski definition) is 0. The molecule has 0 atom stereocenters. The molecule has 0 nitrogen and oxygen atoms in total. The number of thioether (sulfide) groups is 2. The van der Waals surface area contributed by atoms with Crippen molar-refractivity contribution in [2.45, 2.75) is 79.3 Å². The SMILES string of the molecule is Clc1ccc(C(SC2CCCCC2)SC2CCCCC2)cc1. The summed E-state index contributed by atoms with van der Waals surface area (Å²) in [6, 6.07) is 8.62. The fraction of sp³-hybridized carbons (Fsp3) is 0.684. The van der Waals surface area contributed by atoms with Gasteiger partial charge in [0.15, 0.2) is 0 Å². The molecule has 0 saturated heterocycles. The first-order chi connectivity index (χ1) is 10.8. The summed E-state index contributed by atoms with van der Waals surface area (Å²) in [6.45, 7) is 0. The minimum absolute atomic E-state index is 0.600. The van der Waals surface area contributed by atoms with Crippen molar-refractivity contribution in [1.82, 2.24) is 0 Å². The van der Waals surface area contributed by atoms with Crippen LogP contribution in [0.1, 0.15) is 74.4 Å². The third-order valence-electron chi connectivity index (χ3n) is 4.88. The van der Waals surface area contributed by atoms with Crippen molar-refractivity contribution in [2.24, 2.45) is 0 Å². The Morgan fingerprint density at radius 2 is 1.18 bits per heavy atom. The van der Waals surface area contributed by atoms with Crippen molar-refractivity contribution < 1.29 is 0 Å². The predicted molar refractivity (Wildman–Crippen MR) is 103 cm³/mol. The van der Waals surface area contributed by atoms with Gasteiger partial charge in [0.05, 0.1) is 4.58 Å². The van der Waals surface area contributed by atoms with Gasteiger partial charge in [-0.1, -0.05) is 62.3 Å². The highest BCUT2D eigenvalue weighted by Crippen LogP contribution is 2.49. The Morgan fingerprint density at radius 3 is 1.64 bits per heavy atom. The van der Waals surface area contributed by atoms with Crippen LogP contribution in [0.15, 0.2) is 24.3 Å². The molecule has 0 aromatic heterocycles. The summed E-state index contributed by atoms with van der Waals surface area (Å²) >= 11 is 10.6. The Morgan fingerprint density at radius 1 is 0.727 bits per heavy atom.